The van der Waals surface area contributed by atoms with Gasteiger partial charge < -0.3 is 5.73 Å². The van der Waals surface area contributed by atoms with Crippen LogP contribution in [0.5, 0.6) is 0 Å². The molecule has 0 aliphatic rings. The molecule has 0 amide bonds. The number of nitrogens with zero attached hydrogens (tertiary/aromatic N) is 2. The molecule has 2 aromatic rings. The van der Waals surface area contributed by atoms with Crippen molar-refractivity contribution in [2.45, 2.75) is 20.4 Å². The van der Waals surface area contributed by atoms with Crippen molar-refractivity contribution in [2.24, 2.45) is 12.8 Å². The molecule has 1 heterocycles. The molecule has 2 rings (SSSR count). The van der Waals surface area contributed by atoms with Crippen LogP contribution in [0, 0.1) is 19.7 Å². The van der Waals surface area contributed by atoms with Crippen LogP contribution in [0.2, 0.25) is 0 Å². The van der Waals surface area contributed by atoms with Gasteiger partial charge in [0.25, 0.3) is 0 Å². The van der Waals surface area contributed by atoms with Gasteiger partial charge in [0.1, 0.15) is 5.82 Å². The first kappa shape index (κ1) is 11.8. The van der Waals surface area contributed by atoms with Crippen LogP contribution in [0.15, 0.2) is 18.2 Å². The van der Waals surface area contributed by atoms with E-state index in [-0.39, 0.29) is 12.4 Å². The minimum absolute atomic E-state index is 0.219. The highest BCUT2D eigenvalue weighted by Crippen LogP contribution is 2.27. The molecule has 0 saturated heterocycles. The average molecular weight is 233 g/mol. The molecule has 4 heteroatoms. The molecule has 0 aliphatic carbocycles. The maximum Gasteiger partial charge on any atom is 0.128 e. The second-order valence-electron chi connectivity index (χ2n) is 4.18. The molecule has 3 nitrogen and oxygen atoms in total. The van der Waals surface area contributed by atoms with Crippen molar-refractivity contribution >= 4 is 0 Å². The molecule has 2 N–H and O–H groups in total. The van der Waals surface area contributed by atoms with Gasteiger partial charge in [-0.2, -0.15) is 5.10 Å². The summed E-state index contributed by atoms with van der Waals surface area (Å²) in [4.78, 5) is 0. The minimum atomic E-state index is -0.257. The molecule has 90 valence electrons. The predicted octanol–water partition coefficient (Wildman–Crippen LogP) is 2.30. The normalized spacial score (nSPS) is 10.9. The fourth-order valence-electron chi connectivity index (χ4n) is 2.06. The van der Waals surface area contributed by atoms with Crippen molar-refractivity contribution in [3.8, 4) is 11.1 Å². The maximum atomic E-state index is 13.7. The third-order valence-electron chi connectivity index (χ3n) is 3.07. The fraction of sp³-hybridized carbons (Fsp3) is 0.308. The predicted molar refractivity (Wildman–Crippen MR) is 66.0 cm³/mol. The van der Waals surface area contributed by atoms with Crippen LogP contribution in [0.1, 0.15) is 17.0 Å². The highest BCUT2D eigenvalue weighted by Gasteiger charge is 2.13. The standard InChI is InChI=1S/C13H16FN3/c1-8-13(9(2)17(3)16-8)10-4-5-11(7-15)12(14)6-10/h4-6H,7,15H2,1-3H3. The number of nitrogens with two attached hydrogens (primary N) is 1. The van der Waals surface area contributed by atoms with Crippen molar-refractivity contribution in [1.82, 2.24) is 9.78 Å². The molecule has 0 bridgehead atoms. The monoisotopic (exact) mass is 233 g/mol. The number of halogens is 1. The molecule has 0 fully saturated rings. The fourth-order valence-corrected chi connectivity index (χ4v) is 2.06. The van der Waals surface area contributed by atoms with E-state index in [1.165, 1.54) is 6.07 Å². The number of hydrogen-bond acceptors (Lipinski definition) is 2. The van der Waals surface area contributed by atoms with Crippen LogP contribution in [0.25, 0.3) is 11.1 Å². The van der Waals surface area contributed by atoms with Crippen LogP contribution >= 0.6 is 0 Å². The van der Waals surface area contributed by atoms with E-state index < -0.39 is 0 Å². The summed E-state index contributed by atoms with van der Waals surface area (Å²) < 4.78 is 15.5. The van der Waals surface area contributed by atoms with Gasteiger partial charge in [0, 0.05) is 30.4 Å². The summed E-state index contributed by atoms with van der Waals surface area (Å²) in [5.74, 6) is -0.257. The molecule has 0 saturated carbocycles. The highest BCUT2D eigenvalue weighted by atomic mass is 19.1. The van der Waals surface area contributed by atoms with E-state index in [1.807, 2.05) is 27.0 Å². The van der Waals surface area contributed by atoms with Crippen molar-refractivity contribution in [2.75, 3.05) is 0 Å². The Balaban J connectivity index is 2.57. The van der Waals surface area contributed by atoms with E-state index in [9.17, 15) is 4.39 Å². The Kier molecular flexibility index (Phi) is 2.98. The van der Waals surface area contributed by atoms with E-state index in [4.69, 9.17) is 5.73 Å². The Hall–Kier alpha value is -1.68. The topological polar surface area (TPSA) is 43.8 Å². The number of hydrogen-bond donors (Lipinski definition) is 1. The Morgan fingerprint density at radius 2 is 2.06 bits per heavy atom. The molecular weight excluding hydrogens is 217 g/mol. The van der Waals surface area contributed by atoms with Crippen LogP contribution in [-0.4, -0.2) is 9.78 Å². The zero-order valence-corrected chi connectivity index (χ0v) is 10.3. The molecule has 0 aliphatic heterocycles. The van der Waals surface area contributed by atoms with Gasteiger partial charge in [-0.15, -0.1) is 0 Å². The maximum absolute atomic E-state index is 13.7. The molecule has 17 heavy (non-hydrogen) atoms. The van der Waals surface area contributed by atoms with Crippen molar-refractivity contribution in [3.05, 3.63) is 41.0 Å². The lowest BCUT2D eigenvalue weighted by Crippen LogP contribution is -1.99. The van der Waals surface area contributed by atoms with E-state index >= 15 is 0 Å². The van der Waals surface area contributed by atoms with Gasteiger partial charge in [-0.1, -0.05) is 12.1 Å². The zero-order valence-electron chi connectivity index (χ0n) is 10.3. The summed E-state index contributed by atoms with van der Waals surface area (Å²) in [6.45, 7) is 4.12. The number of rotatable bonds is 2. The first-order valence-corrected chi connectivity index (χ1v) is 5.53. The molecular formula is C13H16FN3. The van der Waals surface area contributed by atoms with Gasteiger partial charge in [-0.25, -0.2) is 4.39 Å². The smallest absolute Gasteiger partial charge is 0.128 e. The first-order chi connectivity index (χ1) is 8.04. The Morgan fingerprint density at radius 3 is 2.53 bits per heavy atom. The average Bonchev–Trinajstić information content (AvgIpc) is 2.53. The van der Waals surface area contributed by atoms with E-state index in [0.29, 0.717) is 5.56 Å². The van der Waals surface area contributed by atoms with Crippen LogP contribution < -0.4 is 5.73 Å². The Bertz CT molecular complexity index is 558. The summed E-state index contributed by atoms with van der Waals surface area (Å²) in [5.41, 5.74) is 9.76. The molecule has 0 unspecified atom stereocenters. The van der Waals surface area contributed by atoms with E-state index in [2.05, 4.69) is 5.10 Å². The third kappa shape index (κ3) is 1.96. The van der Waals surface area contributed by atoms with Gasteiger partial charge in [-0.3, -0.25) is 4.68 Å². The molecule has 1 aromatic carbocycles. The summed E-state index contributed by atoms with van der Waals surface area (Å²) in [6.07, 6.45) is 0. The third-order valence-corrected chi connectivity index (χ3v) is 3.07. The molecule has 1 aromatic heterocycles. The van der Waals surface area contributed by atoms with Crippen molar-refractivity contribution < 1.29 is 4.39 Å². The van der Waals surface area contributed by atoms with Crippen molar-refractivity contribution in [1.29, 1.82) is 0 Å². The van der Waals surface area contributed by atoms with Crippen LogP contribution in [-0.2, 0) is 13.6 Å². The van der Waals surface area contributed by atoms with Gasteiger partial charge in [0.05, 0.1) is 5.69 Å². The van der Waals surface area contributed by atoms with Gasteiger partial charge >= 0.3 is 0 Å². The second-order valence-corrected chi connectivity index (χ2v) is 4.18. The lowest BCUT2D eigenvalue weighted by molar-refractivity contribution is 0.611. The van der Waals surface area contributed by atoms with E-state index in [1.54, 1.807) is 10.7 Å². The summed E-state index contributed by atoms with van der Waals surface area (Å²) in [7, 11) is 1.89. The zero-order chi connectivity index (χ0) is 12.6. The molecule has 0 atom stereocenters. The summed E-state index contributed by atoms with van der Waals surface area (Å²) in [6, 6.07) is 5.15. The van der Waals surface area contributed by atoms with Crippen LogP contribution in [0.3, 0.4) is 0 Å². The Labute approximate surface area is 100 Å². The Morgan fingerprint density at radius 1 is 1.35 bits per heavy atom. The summed E-state index contributed by atoms with van der Waals surface area (Å²) in [5, 5.41) is 4.33. The number of aryl methyl sites for hydroxylation is 2. The molecule has 0 radical (unpaired) electrons. The van der Waals surface area contributed by atoms with Crippen molar-refractivity contribution in [3.63, 3.8) is 0 Å². The number of benzene rings is 1. The van der Waals surface area contributed by atoms with E-state index in [0.717, 1.165) is 22.5 Å². The lowest BCUT2D eigenvalue weighted by atomic mass is 10.0. The quantitative estimate of drug-likeness (QED) is 0.865. The molecule has 0 spiro atoms. The van der Waals surface area contributed by atoms with Gasteiger partial charge in [0.15, 0.2) is 0 Å². The SMILES string of the molecule is Cc1nn(C)c(C)c1-c1ccc(CN)c(F)c1. The first-order valence-electron chi connectivity index (χ1n) is 5.53. The lowest BCUT2D eigenvalue weighted by Gasteiger charge is -2.05. The second kappa shape index (κ2) is 4.30. The van der Waals surface area contributed by atoms with Crippen LogP contribution in [0.4, 0.5) is 4.39 Å². The largest absolute Gasteiger partial charge is 0.326 e. The van der Waals surface area contributed by atoms with Gasteiger partial charge in [-0.05, 0) is 25.5 Å². The summed E-state index contributed by atoms with van der Waals surface area (Å²) >= 11 is 0. The highest BCUT2D eigenvalue weighted by molar-refractivity contribution is 5.68. The van der Waals surface area contributed by atoms with Gasteiger partial charge in [0.2, 0.25) is 0 Å². The number of aromatic nitrogens is 2. The minimum Gasteiger partial charge on any atom is -0.326 e.